The number of nitrogens with two attached hydrogens (primary N) is 1. The number of anilines is 1. The number of carbonyl (C=O) groups excluding carboxylic acids is 1. The first kappa shape index (κ1) is 22.8. The van der Waals surface area contributed by atoms with Crippen molar-refractivity contribution in [3.63, 3.8) is 0 Å². The lowest BCUT2D eigenvalue weighted by Crippen LogP contribution is -2.50. The van der Waals surface area contributed by atoms with Crippen molar-refractivity contribution in [2.75, 3.05) is 39.4 Å². The van der Waals surface area contributed by atoms with Crippen LogP contribution in [0, 0.1) is 17.8 Å². The van der Waals surface area contributed by atoms with Crippen molar-refractivity contribution in [3.05, 3.63) is 18.2 Å². The van der Waals surface area contributed by atoms with E-state index in [-0.39, 0.29) is 30.3 Å². The third-order valence-corrected chi connectivity index (χ3v) is 6.23. The molecule has 2 N–H and O–H groups in total. The maximum Gasteiger partial charge on any atom is 0.230 e. The molecule has 0 aromatic heterocycles. The lowest BCUT2D eigenvalue weighted by molar-refractivity contribution is -0.125. The molecule has 6 nitrogen and oxygen atoms in total. The predicted molar refractivity (Wildman–Crippen MR) is 113 cm³/mol. The molecule has 2 saturated carbocycles. The third kappa shape index (κ3) is 4.73. The minimum absolute atomic E-state index is 0. The van der Waals surface area contributed by atoms with Crippen LogP contribution in [0.1, 0.15) is 32.1 Å². The van der Waals surface area contributed by atoms with E-state index in [0.29, 0.717) is 36.5 Å². The molecule has 7 heteroatoms. The molecule has 158 valence electrons. The Balaban J connectivity index is 0.00000280. The van der Waals surface area contributed by atoms with Gasteiger partial charge in [-0.05, 0) is 49.7 Å². The maximum atomic E-state index is 13.5. The van der Waals surface area contributed by atoms with E-state index in [1.54, 1.807) is 21.3 Å². The molecule has 2 fully saturated rings. The van der Waals surface area contributed by atoms with E-state index in [4.69, 9.17) is 19.9 Å². The van der Waals surface area contributed by atoms with Crippen molar-refractivity contribution in [1.29, 1.82) is 0 Å². The highest BCUT2D eigenvalue weighted by Crippen LogP contribution is 2.43. The number of carbonyl (C=O) groups is 1. The Labute approximate surface area is 174 Å². The molecule has 2 aliphatic carbocycles. The van der Waals surface area contributed by atoms with Crippen LogP contribution in [-0.4, -0.2) is 46.4 Å². The smallest absolute Gasteiger partial charge is 0.230 e. The number of rotatable bonds is 7. The number of nitrogens with zero attached hydrogens (tertiary/aromatic N) is 1. The zero-order valence-electron chi connectivity index (χ0n) is 17.1. The fourth-order valence-electron chi connectivity index (χ4n) is 4.75. The van der Waals surface area contributed by atoms with Gasteiger partial charge in [-0.25, -0.2) is 0 Å². The van der Waals surface area contributed by atoms with Gasteiger partial charge < -0.3 is 24.8 Å². The van der Waals surface area contributed by atoms with Crippen LogP contribution in [0.2, 0.25) is 0 Å². The van der Waals surface area contributed by atoms with Crippen LogP contribution in [0.25, 0.3) is 0 Å². The Bertz CT molecular complexity index is 643. The predicted octanol–water partition coefficient (Wildman–Crippen LogP) is 3.26. The monoisotopic (exact) mass is 412 g/mol. The third-order valence-electron chi connectivity index (χ3n) is 6.23. The van der Waals surface area contributed by atoms with Gasteiger partial charge in [0.1, 0.15) is 0 Å². The fourth-order valence-corrected chi connectivity index (χ4v) is 4.75. The molecule has 0 heterocycles. The first-order valence-electron chi connectivity index (χ1n) is 9.87. The SMILES string of the molecule is COCCN(C(=O)C1CC2CCCC(C1)C2N)c1ccc(OC)c(OC)c1.Cl. The summed E-state index contributed by atoms with van der Waals surface area (Å²) in [5.74, 6) is 2.42. The number of hydrogen-bond donors (Lipinski definition) is 1. The minimum Gasteiger partial charge on any atom is -0.493 e. The van der Waals surface area contributed by atoms with Crippen LogP contribution < -0.4 is 20.1 Å². The zero-order chi connectivity index (χ0) is 19.4. The normalized spacial score (nSPS) is 26.1. The van der Waals surface area contributed by atoms with Gasteiger partial charge in [-0.3, -0.25) is 4.79 Å². The highest BCUT2D eigenvalue weighted by molar-refractivity contribution is 5.95. The van der Waals surface area contributed by atoms with E-state index >= 15 is 0 Å². The topological polar surface area (TPSA) is 74.0 Å². The average Bonchev–Trinajstić information content (AvgIpc) is 2.67. The first-order chi connectivity index (χ1) is 13.1. The van der Waals surface area contributed by atoms with Crippen molar-refractivity contribution in [2.24, 2.45) is 23.5 Å². The summed E-state index contributed by atoms with van der Waals surface area (Å²) in [5.41, 5.74) is 7.22. The summed E-state index contributed by atoms with van der Waals surface area (Å²) in [4.78, 5) is 15.3. The summed E-state index contributed by atoms with van der Waals surface area (Å²) in [7, 11) is 4.86. The van der Waals surface area contributed by atoms with Gasteiger partial charge in [0, 0.05) is 37.4 Å². The molecular weight excluding hydrogens is 380 g/mol. The molecule has 2 bridgehead atoms. The van der Waals surface area contributed by atoms with Crippen LogP contribution in [-0.2, 0) is 9.53 Å². The number of ether oxygens (including phenoxy) is 3. The van der Waals surface area contributed by atoms with E-state index in [0.717, 1.165) is 31.4 Å². The van der Waals surface area contributed by atoms with Crippen molar-refractivity contribution in [1.82, 2.24) is 0 Å². The number of amides is 1. The van der Waals surface area contributed by atoms with Crippen LogP contribution >= 0.6 is 12.4 Å². The molecule has 1 amide bonds. The molecule has 0 aliphatic heterocycles. The molecule has 2 unspecified atom stereocenters. The van der Waals surface area contributed by atoms with E-state index in [1.165, 1.54) is 6.42 Å². The van der Waals surface area contributed by atoms with Gasteiger partial charge >= 0.3 is 0 Å². The highest BCUT2D eigenvalue weighted by atomic mass is 35.5. The van der Waals surface area contributed by atoms with Crippen molar-refractivity contribution in [2.45, 2.75) is 38.1 Å². The molecule has 0 spiro atoms. The van der Waals surface area contributed by atoms with Gasteiger partial charge in [0.15, 0.2) is 11.5 Å². The van der Waals surface area contributed by atoms with Crippen molar-refractivity contribution < 1.29 is 19.0 Å². The van der Waals surface area contributed by atoms with Gasteiger partial charge in [-0.15, -0.1) is 12.4 Å². The Kier molecular flexibility index (Phi) is 8.40. The molecule has 1 aromatic carbocycles. The van der Waals surface area contributed by atoms with Crippen molar-refractivity contribution >= 4 is 24.0 Å². The Morgan fingerprint density at radius 1 is 1.11 bits per heavy atom. The molecule has 2 atom stereocenters. The lowest BCUT2D eigenvalue weighted by atomic mass is 9.65. The van der Waals surface area contributed by atoms with E-state index in [9.17, 15) is 4.79 Å². The number of hydrogen-bond acceptors (Lipinski definition) is 5. The average molecular weight is 413 g/mol. The molecule has 0 radical (unpaired) electrons. The second-order valence-electron chi connectivity index (χ2n) is 7.72. The quantitative estimate of drug-likeness (QED) is 0.744. The maximum absolute atomic E-state index is 13.5. The number of benzene rings is 1. The summed E-state index contributed by atoms with van der Waals surface area (Å²) in [6.45, 7) is 1.00. The summed E-state index contributed by atoms with van der Waals surface area (Å²) in [5, 5.41) is 0. The second kappa shape index (κ2) is 10.3. The summed E-state index contributed by atoms with van der Waals surface area (Å²) >= 11 is 0. The van der Waals surface area contributed by atoms with Gasteiger partial charge in [-0.1, -0.05) is 6.42 Å². The summed E-state index contributed by atoms with van der Waals surface area (Å²) in [6.07, 6.45) is 5.33. The number of fused-ring (bicyclic) bond motifs is 2. The minimum atomic E-state index is 0. The van der Waals surface area contributed by atoms with E-state index < -0.39 is 0 Å². The van der Waals surface area contributed by atoms with E-state index in [2.05, 4.69) is 0 Å². The zero-order valence-corrected chi connectivity index (χ0v) is 17.9. The van der Waals surface area contributed by atoms with Gasteiger partial charge in [-0.2, -0.15) is 0 Å². The Hall–Kier alpha value is -1.50. The van der Waals surface area contributed by atoms with Crippen LogP contribution in [0.5, 0.6) is 11.5 Å². The summed E-state index contributed by atoms with van der Waals surface area (Å²) < 4.78 is 16.0. The van der Waals surface area contributed by atoms with Crippen LogP contribution in [0.3, 0.4) is 0 Å². The largest absolute Gasteiger partial charge is 0.493 e. The lowest BCUT2D eigenvalue weighted by Gasteiger charge is -2.44. The number of halogens is 1. The fraction of sp³-hybridized carbons (Fsp3) is 0.667. The Morgan fingerprint density at radius 2 is 1.75 bits per heavy atom. The van der Waals surface area contributed by atoms with Crippen LogP contribution in [0.4, 0.5) is 5.69 Å². The van der Waals surface area contributed by atoms with E-state index in [1.807, 2.05) is 23.1 Å². The molecule has 1 aromatic rings. The van der Waals surface area contributed by atoms with Crippen molar-refractivity contribution in [3.8, 4) is 11.5 Å². The summed E-state index contributed by atoms with van der Waals surface area (Å²) in [6, 6.07) is 5.87. The number of methoxy groups -OCH3 is 3. The standard InChI is InChI=1S/C21H32N2O4.ClH/c1-25-10-9-23(17-7-8-18(26-2)19(13-17)27-3)21(24)16-11-14-5-4-6-15(12-16)20(14)22;/h7-8,13-16,20H,4-6,9-12,22H2,1-3H3;1H. The molecular formula is C21H33ClN2O4. The molecule has 3 rings (SSSR count). The highest BCUT2D eigenvalue weighted by Gasteiger charge is 2.41. The first-order valence-corrected chi connectivity index (χ1v) is 9.87. The van der Waals surface area contributed by atoms with Gasteiger partial charge in [0.25, 0.3) is 0 Å². The molecule has 0 saturated heterocycles. The van der Waals surface area contributed by atoms with Crippen LogP contribution in [0.15, 0.2) is 18.2 Å². The molecule has 28 heavy (non-hydrogen) atoms. The molecule has 2 aliphatic rings. The Morgan fingerprint density at radius 3 is 2.32 bits per heavy atom. The second-order valence-corrected chi connectivity index (χ2v) is 7.72. The van der Waals surface area contributed by atoms with Gasteiger partial charge in [0.05, 0.1) is 20.8 Å². The van der Waals surface area contributed by atoms with Gasteiger partial charge in [0.2, 0.25) is 5.91 Å².